The highest BCUT2D eigenvalue weighted by Crippen LogP contribution is 2.19. The Morgan fingerprint density at radius 1 is 0.952 bits per heavy atom. The Labute approximate surface area is 128 Å². The van der Waals surface area contributed by atoms with Crippen LogP contribution in [0.4, 0.5) is 0 Å². The van der Waals surface area contributed by atoms with Gasteiger partial charge in [-0.25, -0.2) is 0 Å². The summed E-state index contributed by atoms with van der Waals surface area (Å²) in [6.45, 7) is 3.82. The minimum atomic E-state index is 0.0659. The summed E-state index contributed by atoms with van der Waals surface area (Å²) in [5.74, 6) is 0.0659. The lowest BCUT2D eigenvalue weighted by Crippen LogP contribution is -2.34. The van der Waals surface area contributed by atoms with Gasteiger partial charge in [-0.3, -0.25) is 4.79 Å². The van der Waals surface area contributed by atoms with Gasteiger partial charge >= 0.3 is 0 Å². The van der Waals surface area contributed by atoms with Gasteiger partial charge in [-0.15, -0.1) is 0 Å². The zero-order chi connectivity index (χ0) is 14.8. The Bertz CT molecular complexity index is 287. The van der Waals surface area contributed by atoms with Crippen LogP contribution in [0.5, 0.6) is 0 Å². The molecule has 2 fully saturated rings. The fourth-order valence-corrected chi connectivity index (χ4v) is 3.02. The average Bonchev–Trinajstić information content (AvgIpc) is 2.54. The molecule has 0 bridgehead atoms. The van der Waals surface area contributed by atoms with E-state index < -0.39 is 0 Å². The van der Waals surface area contributed by atoms with Crippen LogP contribution >= 0.6 is 0 Å². The van der Waals surface area contributed by atoms with E-state index in [4.69, 9.17) is 9.47 Å². The smallest absolute Gasteiger partial charge is 0.222 e. The lowest BCUT2D eigenvalue weighted by Gasteiger charge is -2.23. The molecule has 21 heavy (non-hydrogen) atoms. The summed E-state index contributed by atoms with van der Waals surface area (Å²) >= 11 is 0. The van der Waals surface area contributed by atoms with E-state index in [-0.39, 0.29) is 5.91 Å². The first-order valence-electron chi connectivity index (χ1n) is 8.55. The molecule has 0 unspecified atom stereocenters. The fourth-order valence-electron chi connectivity index (χ4n) is 3.02. The maximum Gasteiger partial charge on any atom is 0.222 e. The number of amides is 1. The van der Waals surface area contributed by atoms with Crippen molar-refractivity contribution >= 4 is 5.91 Å². The molecule has 1 heterocycles. The van der Waals surface area contributed by atoms with E-state index in [1.807, 2.05) is 0 Å². The summed E-state index contributed by atoms with van der Waals surface area (Å²) in [6, 6.07) is 0. The molecule has 1 aliphatic carbocycles. The second-order valence-corrected chi connectivity index (χ2v) is 6.05. The highest BCUT2D eigenvalue weighted by Gasteiger charge is 2.14. The molecule has 2 N–H and O–H groups in total. The van der Waals surface area contributed by atoms with E-state index in [0.717, 1.165) is 25.9 Å². The molecule has 2 rings (SSSR count). The van der Waals surface area contributed by atoms with Crippen LogP contribution in [0.15, 0.2) is 0 Å². The maximum absolute atomic E-state index is 11.7. The molecular formula is C16H30N2O3. The SMILES string of the molecule is O=C(CCOC1CCNCC1)NCCOC1CCCCC1. The van der Waals surface area contributed by atoms with Crippen LogP contribution in [0.1, 0.15) is 51.4 Å². The molecule has 0 aromatic rings. The van der Waals surface area contributed by atoms with Crippen LogP contribution in [0.25, 0.3) is 0 Å². The molecule has 5 nitrogen and oxygen atoms in total. The zero-order valence-electron chi connectivity index (χ0n) is 13.1. The van der Waals surface area contributed by atoms with Crippen molar-refractivity contribution in [2.75, 3.05) is 32.8 Å². The van der Waals surface area contributed by atoms with Gasteiger partial charge < -0.3 is 20.1 Å². The summed E-state index contributed by atoms with van der Waals surface area (Å²) in [4.78, 5) is 11.7. The summed E-state index contributed by atoms with van der Waals surface area (Å²) in [5.41, 5.74) is 0. The molecule has 0 aromatic carbocycles. The Kier molecular flexibility index (Phi) is 8.07. The van der Waals surface area contributed by atoms with Gasteiger partial charge in [0.2, 0.25) is 5.91 Å². The quantitative estimate of drug-likeness (QED) is 0.668. The van der Waals surface area contributed by atoms with E-state index in [1.165, 1.54) is 32.1 Å². The Hall–Kier alpha value is -0.650. The predicted octanol–water partition coefficient (Wildman–Crippen LogP) is 1.61. The summed E-state index contributed by atoms with van der Waals surface area (Å²) in [6.07, 6.45) is 9.56. The largest absolute Gasteiger partial charge is 0.378 e. The molecule has 5 heteroatoms. The first-order valence-corrected chi connectivity index (χ1v) is 8.55. The van der Waals surface area contributed by atoms with E-state index >= 15 is 0 Å². The highest BCUT2D eigenvalue weighted by molar-refractivity contribution is 5.75. The number of ether oxygens (including phenoxy) is 2. The van der Waals surface area contributed by atoms with E-state index in [0.29, 0.717) is 38.4 Å². The summed E-state index contributed by atoms with van der Waals surface area (Å²) in [5, 5.41) is 6.21. The van der Waals surface area contributed by atoms with Crippen LogP contribution in [0.3, 0.4) is 0 Å². The minimum Gasteiger partial charge on any atom is -0.378 e. The monoisotopic (exact) mass is 298 g/mol. The van der Waals surface area contributed by atoms with Gasteiger partial charge in [-0.2, -0.15) is 0 Å². The van der Waals surface area contributed by atoms with Crippen LogP contribution in [-0.4, -0.2) is 51.0 Å². The first kappa shape index (κ1) is 16.7. The van der Waals surface area contributed by atoms with Gasteiger partial charge in [0.25, 0.3) is 0 Å². The van der Waals surface area contributed by atoms with Crippen LogP contribution in [0, 0.1) is 0 Å². The Morgan fingerprint density at radius 3 is 2.38 bits per heavy atom. The second kappa shape index (κ2) is 10.1. The number of hydrogen-bond donors (Lipinski definition) is 2. The molecular weight excluding hydrogens is 268 g/mol. The van der Waals surface area contributed by atoms with Gasteiger partial charge in [0.05, 0.1) is 25.4 Å². The average molecular weight is 298 g/mol. The molecule has 122 valence electrons. The number of carbonyl (C=O) groups is 1. The Morgan fingerprint density at radius 2 is 1.62 bits per heavy atom. The van der Waals surface area contributed by atoms with Crippen molar-refractivity contribution in [1.82, 2.24) is 10.6 Å². The summed E-state index contributed by atoms with van der Waals surface area (Å²) < 4.78 is 11.5. The molecule has 0 aromatic heterocycles. The topological polar surface area (TPSA) is 59.6 Å². The molecule has 0 atom stereocenters. The van der Waals surface area contributed by atoms with Crippen molar-refractivity contribution in [3.05, 3.63) is 0 Å². The third-order valence-electron chi connectivity index (χ3n) is 4.30. The van der Waals surface area contributed by atoms with Crippen molar-refractivity contribution < 1.29 is 14.3 Å². The number of rotatable bonds is 8. The standard InChI is InChI=1S/C16H30N2O3/c19-16(8-12-20-15-6-9-17-10-7-15)18-11-13-21-14-4-2-1-3-5-14/h14-15,17H,1-13H2,(H,18,19). The zero-order valence-corrected chi connectivity index (χ0v) is 13.1. The van der Waals surface area contributed by atoms with Gasteiger partial charge in [0.1, 0.15) is 0 Å². The van der Waals surface area contributed by atoms with Crippen molar-refractivity contribution in [3.8, 4) is 0 Å². The predicted molar refractivity (Wildman–Crippen MR) is 82.3 cm³/mol. The fraction of sp³-hybridized carbons (Fsp3) is 0.938. The van der Waals surface area contributed by atoms with Gasteiger partial charge in [0, 0.05) is 13.0 Å². The van der Waals surface area contributed by atoms with E-state index in [2.05, 4.69) is 10.6 Å². The van der Waals surface area contributed by atoms with Gasteiger partial charge in [-0.05, 0) is 38.8 Å². The lowest BCUT2D eigenvalue weighted by molar-refractivity contribution is -0.123. The molecule has 1 saturated heterocycles. The number of piperidine rings is 1. The number of nitrogens with one attached hydrogen (secondary N) is 2. The molecule has 1 saturated carbocycles. The number of carbonyl (C=O) groups excluding carboxylic acids is 1. The van der Waals surface area contributed by atoms with E-state index in [9.17, 15) is 4.79 Å². The third kappa shape index (κ3) is 7.25. The molecule has 0 radical (unpaired) electrons. The van der Waals surface area contributed by atoms with Gasteiger partial charge in [0.15, 0.2) is 0 Å². The van der Waals surface area contributed by atoms with Crippen molar-refractivity contribution in [2.45, 2.75) is 63.6 Å². The lowest BCUT2D eigenvalue weighted by atomic mass is 9.98. The van der Waals surface area contributed by atoms with Crippen molar-refractivity contribution in [2.24, 2.45) is 0 Å². The Balaban J connectivity index is 1.42. The first-order chi connectivity index (χ1) is 10.3. The molecule has 1 amide bonds. The van der Waals surface area contributed by atoms with Crippen molar-refractivity contribution in [1.29, 1.82) is 0 Å². The summed E-state index contributed by atoms with van der Waals surface area (Å²) in [7, 11) is 0. The van der Waals surface area contributed by atoms with E-state index in [1.54, 1.807) is 0 Å². The van der Waals surface area contributed by atoms with Crippen LogP contribution in [-0.2, 0) is 14.3 Å². The van der Waals surface area contributed by atoms with Crippen LogP contribution in [0.2, 0.25) is 0 Å². The second-order valence-electron chi connectivity index (χ2n) is 6.05. The normalized spacial score (nSPS) is 21.3. The van der Waals surface area contributed by atoms with Crippen molar-refractivity contribution in [3.63, 3.8) is 0 Å². The van der Waals surface area contributed by atoms with Crippen LogP contribution < -0.4 is 10.6 Å². The molecule has 0 spiro atoms. The highest BCUT2D eigenvalue weighted by atomic mass is 16.5. The third-order valence-corrected chi connectivity index (χ3v) is 4.30. The minimum absolute atomic E-state index is 0.0659. The van der Waals surface area contributed by atoms with Gasteiger partial charge in [-0.1, -0.05) is 19.3 Å². The maximum atomic E-state index is 11.7. The molecule has 1 aliphatic heterocycles. The number of hydrogen-bond acceptors (Lipinski definition) is 4. The molecule has 2 aliphatic rings.